The summed E-state index contributed by atoms with van der Waals surface area (Å²) >= 11 is 0. The monoisotopic (exact) mass is 239 g/mol. The van der Waals surface area contributed by atoms with E-state index in [1.807, 2.05) is 19.2 Å². The van der Waals surface area contributed by atoms with Crippen LogP contribution in [0.5, 0.6) is 0 Å². The number of hydrogen-bond donors (Lipinski definition) is 2. The molecule has 0 saturated heterocycles. The molecule has 18 heavy (non-hydrogen) atoms. The fraction of sp³-hybridized carbons (Fsp3) is 0.267. The molecule has 0 radical (unpaired) electrons. The number of fused-ring (bicyclic) bond motifs is 1. The van der Waals surface area contributed by atoms with Gasteiger partial charge >= 0.3 is 0 Å². The first kappa shape index (κ1) is 11.2. The molecule has 2 N–H and O–H groups in total. The van der Waals surface area contributed by atoms with Gasteiger partial charge in [0.05, 0.1) is 0 Å². The molecule has 0 unspecified atom stereocenters. The van der Waals surface area contributed by atoms with Crippen LogP contribution in [0.15, 0.2) is 36.5 Å². The third kappa shape index (κ3) is 2.36. The maximum Gasteiger partial charge on any atom is 0.0400 e. The number of rotatable bonds is 3. The second-order valence-electron chi connectivity index (χ2n) is 4.75. The Kier molecular flexibility index (Phi) is 2.99. The molecule has 0 spiro atoms. The zero-order valence-corrected chi connectivity index (χ0v) is 10.5. The van der Waals surface area contributed by atoms with Crippen molar-refractivity contribution in [1.82, 2.24) is 10.3 Å². The number of benzene rings is 1. The van der Waals surface area contributed by atoms with Gasteiger partial charge in [0.15, 0.2) is 0 Å². The zero-order valence-electron chi connectivity index (χ0n) is 10.5. The molecule has 0 amide bonds. The summed E-state index contributed by atoms with van der Waals surface area (Å²) in [6.45, 7) is 4.87. The van der Waals surface area contributed by atoms with Crippen molar-refractivity contribution >= 4 is 5.69 Å². The lowest BCUT2D eigenvalue weighted by molar-refractivity contribution is 0.764. The Morgan fingerprint density at radius 2 is 2.06 bits per heavy atom. The first-order valence-electron chi connectivity index (χ1n) is 6.29. The Hall–Kier alpha value is -1.87. The van der Waals surface area contributed by atoms with Gasteiger partial charge in [-0.05, 0) is 35.7 Å². The summed E-state index contributed by atoms with van der Waals surface area (Å²) in [5.41, 5.74) is 6.35. The van der Waals surface area contributed by atoms with Gasteiger partial charge in [0.1, 0.15) is 0 Å². The fourth-order valence-corrected chi connectivity index (χ4v) is 2.32. The second kappa shape index (κ2) is 4.78. The average Bonchev–Trinajstić information content (AvgIpc) is 2.84. The maximum absolute atomic E-state index is 4.19. The SMILES string of the molecule is Cc1cc(NCc2ccc3c(c2)CNC3)ccn1. The lowest BCUT2D eigenvalue weighted by Crippen LogP contribution is -2.01. The molecule has 3 nitrogen and oxygen atoms in total. The topological polar surface area (TPSA) is 37.0 Å². The van der Waals surface area contributed by atoms with Crippen LogP contribution in [0.25, 0.3) is 0 Å². The molecule has 1 aromatic heterocycles. The minimum atomic E-state index is 0.858. The molecule has 1 aromatic carbocycles. The van der Waals surface area contributed by atoms with E-state index in [0.717, 1.165) is 31.0 Å². The van der Waals surface area contributed by atoms with Gasteiger partial charge in [0.25, 0.3) is 0 Å². The maximum atomic E-state index is 4.19. The van der Waals surface area contributed by atoms with Crippen LogP contribution in [0, 0.1) is 6.92 Å². The van der Waals surface area contributed by atoms with Crippen LogP contribution in [0.3, 0.4) is 0 Å². The normalized spacial score (nSPS) is 13.4. The summed E-state index contributed by atoms with van der Waals surface area (Å²) in [6, 6.07) is 10.8. The average molecular weight is 239 g/mol. The highest BCUT2D eigenvalue weighted by molar-refractivity contribution is 5.44. The molecule has 3 rings (SSSR count). The van der Waals surface area contributed by atoms with Gasteiger partial charge in [-0.2, -0.15) is 0 Å². The van der Waals surface area contributed by atoms with E-state index >= 15 is 0 Å². The van der Waals surface area contributed by atoms with Crippen LogP contribution in [-0.4, -0.2) is 4.98 Å². The van der Waals surface area contributed by atoms with Gasteiger partial charge in [-0.1, -0.05) is 18.2 Å². The molecule has 0 bridgehead atoms. The van der Waals surface area contributed by atoms with E-state index in [2.05, 4.69) is 39.9 Å². The van der Waals surface area contributed by atoms with Crippen molar-refractivity contribution in [1.29, 1.82) is 0 Å². The molecule has 0 aliphatic carbocycles. The lowest BCUT2D eigenvalue weighted by atomic mass is 10.1. The summed E-state index contributed by atoms with van der Waals surface area (Å²) in [7, 11) is 0. The molecule has 1 aliphatic heterocycles. The van der Waals surface area contributed by atoms with Gasteiger partial charge < -0.3 is 10.6 Å². The van der Waals surface area contributed by atoms with Crippen LogP contribution >= 0.6 is 0 Å². The van der Waals surface area contributed by atoms with Gasteiger partial charge in [0.2, 0.25) is 0 Å². The Bertz CT molecular complexity index is 563. The summed E-state index contributed by atoms with van der Waals surface area (Å²) in [5, 5.41) is 6.80. The van der Waals surface area contributed by atoms with E-state index in [9.17, 15) is 0 Å². The van der Waals surface area contributed by atoms with Crippen molar-refractivity contribution in [3.63, 3.8) is 0 Å². The Morgan fingerprint density at radius 3 is 2.94 bits per heavy atom. The number of aromatic nitrogens is 1. The number of aryl methyl sites for hydroxylation is 1. The highest BCUT2D eigenvalue weighted by atomic mass is 14.9. The molecular weight excluding hydrogens is 222 g/mol. The van der Waals surface area contributed by atoms with Crippen molar-refractivity contribution in [2.24, 2.45) is 0 Å². The number of hydrogen-bond acceptors (Lipinski definition) is 3. The van der Waals surface area contributed by atoms with Crippen molar-refractivity contribution in [3.05, 3.63) is 58.9 Å². The van der Waals surface area contributed by atoms with Crippen molar-refractivity contribution < 1.29 is 0 Å². The van der Waals surface area contributed by atoms with E-state index < -0.39 is 0 Å². The Labute approximate surface area is 107 Å². The number of nitrogens with zero attached hydrogens (tertiary/aromatic N) is 1. The fourth-order valence-electron chi connectivity index (χ4n) is 2.32. The molecule has 1 aliphatic rings. The van der Waals surface area contributed by atoms with Crippen LogP contribution in [0.4, 0.5) is 5.69 Å². The Balaban J connectivity index is 1.70. The van der Waals surface area contributed by atoms with Crippen LogP contribution in [0.2, 0.25) is 0 Å². The van der Waals surface area contributed by atoms with Crippen LogP contribution in [-0.2, 0) is 19.6 Å². The quantitative estimate of drug-likeness (QED) is 0.864. The Morgan fingerprint density at radius 1 is 1.17 bits per heavy atom. The van der Waals surface area contributed by atoms with Gasteiger partial charge in [0, 0.05) is 37.2 Å². The minimum absolute atomic E-state index is 0.858. The molecule has 2 aromatic rings. The second-order valence-corrected chi connectivity index (χ2v) is 4.75. The van der Waals surface area contributed by atoms with Gasteiger partial charge in [-0.3, -0.25) is 4.98 Å². The summed E-state index contributed by atoms with van der Waals surface area (Å²) in [4.78, 5) is 4.19. The molecule has 0 atom stereocenters. The van der Waals surface area contributed by atoms with E-state index in [1.165, 1.54) is 16.7 Å². The van der Waals surface area contributed by atoms with Crippen molar-refractivity contribution in [3.8, 4) is 0 Å². The first-order chi connectivity index (χ1) is 8.81. The summed E-state index contributed by atoms with van der Waals surface area (Å²) in [5.74, 6) is 0. The minimum Gasteiger partial charge on any atom is -0.381 e. The largest absolute Gasteiger partial charge is 0.381 e. The molecule has 0 saturated carbocycles. The third-order valence-corrected chi connectivity index (χ3v) is 3.29. The highest BCUT2D eigenvalue weighted by Crippen LogP contribution is 2.18. The van der Waals surface area contributed by atoms with E-state index in [-0.39, 0.29) is 0 Å². The number of nitrogens with one attached hydrogen (secondary N) is 2. The number of pyridine rings is 1. The van der Waals surface area contributed by atoms with Crippen molar-refractivity contribution in [2.75, 3.05) is 5.32 Å². The van der Waals surface area contributed by atoms with Crippen LogP contribution in [0.1, 0.15) is 22.4 Å². The molecule has 2 heterocycles. The van der Waals surface area contributed by atoms with E-state index in [4.69, 9.17) is 0 Å². The van der Waals surface area contributed by atoms with Gasteiger partial charge in [-0.15, -0.1) is 0 Å². The van der Waals surface area contributed by atoms with Gasteiger partial charge in [-0.25, -0.2) is 0 Å². The number of anilines is 1. The van der Waals surface area contributed by atoms with E-state index in [0.29, 0.717) is 0 Å². The zero-order chi connectivity index (χ0) is 12.4. The molecular formula is C15H17N3. The lowest BCUT2D eigenvalue weighted by Gasteiger charge is -2.08. The predicted molar refractivity (Wildman–Crippen MR) is 73.3 cm³/mol. The summed E-state index contributed by atoms with van der Waals surface area (Å²) in [6.07, 6.45) is 1.84. The molecule has 3 heteroatoms. The highest BCUT2D eigenvalue weighted by Gasteiger charge is 2.09. The third-order valence-electron chi connectivity index (χ3n) is 3.29. The smallest absolute Gasteiger partial charge is 0.0400 e. The standard InChI is InChI=1S/C15H17N3/c1-11-6-15(4-5-17-11)18-8-12-2-3-13-9-16-10-14(13)7-12/h2-7,16H,8-10H2,1H3,(H,17,18). The summed E-state index contributed by atoms with van der Waals surface area (Å²) < 4.78 is 0. The molecule has 0 fully saturated rings. The van der Waals surface area contributed by atoms with Crippen molar-refractivity contribution in [2.45, 2.75) is 26.6 Å². The van der Waals surface area contributed by atoms with Crippen LogP contribution < -0.4 is 10.6 Å². The van der Waals surface area contributed by atoms with E-state index in [1.54, 1.807) is 0 Å². The molecule has 92 valence electrons. The first-order valence-corrected chi connectivity index (χ1v) is 6.29. The predicted octanol–water partition coefficient (Wildman–Crippen LogP) is 2.61.